The minimum Gasteiger partial charge on any atom is -0.462 e. The summed E-state index contributed by atoms with van der Waals surface area (Å²) in [7, 11) is 2.04. The molecule has 0 aromatic carbocycles. The van der Waals surface area contributed by atoms with Crippen molar-refractivity contribution in [3.63, 3.8) is 0 Å². The first-order valence-electron chi connectivity index (χ1n) is 6.24. The Bertz CT molecular complexity index is 306. The topological polar surface area (TPSA) is 63.2 Å². The second kappa shape index (κ2) is 10.8. The molecule has 0 radical (unpaired) electrons. The minimum atomic E-state index is -2.59. The highest BCUT2D eigenvalue weighted by atomic mass is 28.4. The lowest BCUT2D eigenvalue weighted by atomic mass is 10.3. The Morgan fingerprint density at radius 1 is 1.20 bits per heavy atom. The van der Waals surface area contributed by atoms with Gasteiger partial charge in [0, 0.05) is 27.4 Å². The van der Waals surface area contributed by atoms with Crippen molar-refractivity contribution in [3.05, 3.63) is 24.8 Å². The van der Waals surface area contributed by atoms with Crippen LogP contribution in [-0.2, 0) is 27.5 Å². The molecule has 0 aliphatic carbocycles. The van der Waals surface area contributed by atoms with Gasteiger partial charge < -0.3 is 22.8 Å². The Labute approximate surface area is 121 Å². The number of esters is 1. The number of ether oxygens (including phenoxy) is 2. The van der Waals surface area contributed by atoms with Crippen molar-refractivity contribution in [1.82, 2.24) is 0 Å². The van der Waals surface area contributed by atoms with Gasteiger partial charge >= 0.3 is 14.8 Å². The third kappa shape index (κ3) is 6.97. The van der Waals surface area contributed by atoms with Crippen LogP contribution in [0, 0.1) is 0 Å². The van der Waals surface area contributed by atoms with E-state index in [0.29, 0.717) is 19.1 Å². The third-order valence-corrected chi connectivity index (χ3v) is 5.43. The lowest BCUT2D eigenvalue weighted by molar-refractivity contribution is -0.139. The van der Waals surface area contributed by atoms with E-state index >= 15 is 0 Å². The number of rotatable bonds is 12. The first kappa shape index (κ1) is 19.0. The monoisotopic (exact) mass is 304 g/mol. The predicted molar refractivity (Wildman–Crippen MR) is 77.3 cm³/mol. The molecular formula is C13H24O6Si. The van der Waals surface area contributed by atoms with Gasteiger partial charge in [-0.15, -0.1) is 6.58 Å². The number of carbonyl (C=O) groups excluding carboxylic acids is 1. The number of hydrogen-bond donors (Lipinski definition) is 0. The van der Waals surface area contributed by atoms with Crippen LogP contribution in [0.2, 0.25) is 6.04 Å². The van der Waals surface area contributed by atoms with Gasteiger partial charge in [0.05, 0.1) is 25.4 Å². The SMILES string of the molecule is C=CCOCC(=C)C(=O)OCCC[Si](OC)(OC)OC. The van der Waals surface area contributed by atoms with Crippen molar-refractivity contribution in [2.75, 3.05) is 41.2 Å². The molecule has 0 spiro atoms. The molecule has 116 valence electrons. The zero-order valence-corrected chi connectivity index (χ0v) is 13.5. The van der Waals surface area contributed by atoms with E-state index in [1.807, 2.05) is 0 Å². The van der Waals surface area contributed by atoms with Gasteiger partial charge in [-0.05, 0) is 6.42 Å². The van der Waals surface area contributed by atoms with E-state index < -0.39 is 14.8 Å². The molecule has 0 heterocycles. The lowest BCUT2D eigenvalue weighted by Crippen LogP contribution is -2.42. The van der Waals surface area contributed by atoms with Crippen molar-refractivity contribution in [3.8, 4) is 0 Å². The summed E-state index contributed by atoms with van der Waals surface area (Å²) in [6, 6.07) is 0.573. The molecule has 0 amide bonds. The van der Waals surface area contributed by atoms with Gasteiger partial charge in [-0.3, -0.25) is 0 Å². The van der Waals surface area contributed by atoms with Crippen LogP contribution in [0.15, 0.2) is 24.8 Å². The normalized spacial score (nSPS) is 11.2. The van der Waals surface area contributed by atoms with Crippen molar-refractivity contribution < 1.29 is 27.5 Å². The van der Waals surface area contributed by atoms with E-state index in [1.165, 1.54) is 0 Å². The smallest absolute Gasteiger partial charge is 0.462 e. The van der Waals surface area contributed by atoms with E-state index in [9.17, 15) is 4.79 Å². The van der Waals surface area contributed by atoms with Crippen LogP contribution in [0.25, 0.3) is 0 Å². The van der Waals surface area contributed by atoms with Gasteiger partial charge in [0.25, 0.3) is 0 Å². The van der Waals surface area contributed by atoms with E-state index in [2.05, 4.69) is 13.2 Å². The molecule has 0 aromatic rings. The van der Waals surface area contributed by atoms with Crippen LogP contribution >= 0.6 is 0 Å². The molecule has 0 rings (SSSR count). The Morgan fingerprint density at radius 3 is 2.30 bits per heavy atom. The standard InChI is InChI=1S/C13H24O6Si/c1-6-8-18-11-12(2)13(14)19-9-7-10-20(15-3,16-4)17-5/h6H,1-2,7-11H2,3-5H3. The summed E-state index contributed by atoms with van der Waals surface area (Å²) in [5.74, 6) is -0.464. The molecule has 0 aliphatic rings. The predicted octanol–water partition coefficient (Wildman–Crippen LogP) is 1.56. The summed E-state index contributed by atoms with van der Waals surface area (Å²) in [4.78, 5) is 11.6. The second-order valence-electron chi connectivity index (χ2n) is 3.94. The van der Waals surface area contributed by atoms with Gasteiger partial charge in [0.2, 0.25) is 0 Å². The summed E-state index contributed by atoms with van der Waals surface area (Å²) in [5.41, 5.74) is 0.278. The van der Waals surface area contributed by atoms with Crippen LogP contribution < -0.4 is 0 Å². The fourth-order valence-corrected chi connectivity index (χ4v) is 3.13. The van der Waals surface area contributed by atoms with Gasteiger partial charge in [-0.2, -0.15) is 0 Å². The average molecular weight is 304 g/mol. The molecule has 0 unspecified atom stereocenters. The second-order valence-corrected chi connectivity index (χ2v) is 7.03. The molecular weight excluding hydrogens is 280 g/mol. The number of hydrogen-bond acceptors (Lipinski definition) is 6. The minimum absolute atomic E-state index is 0.137. The lowest BCUT2D eigenvalue weighted by Gasteiger charge is -2.24. The van der Waals surface area contributed by atoms with Gasteiger partial charge in [-0.1, -0.05) is 12.7 Å². The van der Waals surface area contributed by atoms with Crippen molar-refractivity contribution in [2.24, 2.45) is 0 Å². The van der Waals surface area contributed by atoms with Gasteiger partial charge in [0.15, 0.2) is 0 Å². The highest BCUT2D eigenvalue weighted by Gasteiger charge is 2.37. The molecule has 20 heavy (non-hydrogen) atoms. The van der Waals surface area contributed by atoms with Crippen LogP contribution in [0.1, 0.15) is 6.42 Å². The molecule has 0 N–H and O–H groups in total. The van der Waals surface area contributed by atoms with Crippen LogP contribution in [-0.4, -0.2) is 55.9 Å². The summed E-state index contributed by atoms with van der Waals surface area (Å²) < 4.78 is 26.0. The summed E-state index contributed by atoms with van der Waals surface area (Å²) in [5, 5.41) is 0. The third-order valence-electron chi connectivity index (χ3n) is 2.59. The Morgan fingerprint density at radius 2 is 1.80 bits per heavy atom. The fourth-order valence-electron chi connectivity index (χ4n) is 1.44. The zero-order chi connectivity index (χ0) is 15.4. The van der Waals surface area contributed by atoms with Crippen molar-refractivity contribution >= 4 is 14.8 Å². The highest BCUT2D eigenvalue weighted by Crippen LogP contribution is 2.15. The van der Waals surface area contributed by atoms with Crippen molar-refractivity contribution in [1.29, 1.82) is 0 Å². The molecule has 0 saturated carbocycles. The molecule has 0 aliphatic heterocycles. The Balaban J connectivity index is 3.91. The number of carbonyl (C=O) groups is 1. The quantitative estimate of drug-likeness (QED) is 0.179. The van der Waals surface area contributed by atoms with Crippen molar-refractivity contribution in [2.45, 2.75) is 12.5 Å². The average Bonchev–Trinajstić information content (AvgIpc) is 2.48. The zero-order valence-electron chi connectivity index (χ0n) is 12.5. The van der Waals surface area contributed by atoms with E-state index in [4.69, 9.17) is 22.8 Å². The van der Waals surface area contributed by atoms with E-state index in [-0.39, 0.29) is 18.8 Å². The maximum Gasteiger partial charge on any atom is 0.500 e. The van der Waals surface area contributed by atoms with Crippen LogP contribution in [0.4, 0.5) is 0 Å². The Hall–Kier alpha value is -0.993. The maximum atomic E-state index is 11.6. The largest absolute Gasteiger partial charge is 0.500 e. The summed E-state index contributed by atoms with van der Waals surface area (Å²) in [6.07, 6.45) is 2.19. The molecule has 0 aromatic heterocycles. The fraction of sp³-hybridized carbons (Fsp3) is 0.615. The van der Waals surface area contributed by atoms with Crippen LogP contribution in [0.5, 0.6) is 0 Å². The molecule has 0 atom stereocenters. The first-order chi connectivity index (χ1) is 9.55. The van der Waals surface area contributed by atoms with Crippen LogP contribution in [0.3, 0.4) is 0 Å². The van der Waals surface area contributed by atoms with E-state index in [0.717, 1.165) is 0 Å². The summed E-state index contributed by atoms with van der Waals surface area (Å²) >= 11 is 0. The molecule has 0 fully saturated rings. The van der Waals surface area contributed by atoms with Gasteiger partial charge in [0.1, 0.15) is 0 Å². The molecule has 7 heteroatoms. The van der Waals surface area contributed by atoms with E-state index in [1.54, 1.807) is 27.4 Å². The maximum absolute atomic E-state index is 11.6. The molecule has 0 saturated heterocycles. The Kier molecular flexibility index (Phi) is 10.2. The summed E-state index contributed by atoms with van der Waals surface area (Å²) in [6.45, 7) is 7.87. The first-order valence-corrected chi connectivity index (χ1v) is 8.17. The van der Waals surface area contributed by atoms with Gasteiger partial charge in [-0.25, -0.2) is 4.79 Å². The highest BCUT2D eigenvalue weighted by molar-refractivity contribution is 6.60. The molecule has 6 nitrogen and oxygen atoms in total. The molecule has 0 bridgehead atoms.